The summed E-state index contributed by atoms with van der Waals surface area (Å²) in [6.45, 7) is 1.11. The number of hydrogen-bond acceptors (Lipinski definition) is 1. The van der Waals surface area contributed by atoms with E-state index in [9.17, 15) is 0 Å². The molecule has 0 atom stereocenters. The van der Waals surface area contributed by atoms with E-state index in [1.807, 2.05) is 12.3 Å². The number of aromatic amines is 1. The van der Waals surface area contributed by atoms with Crippen molar-refractivity contribution in [2.75, 3.05) is 6.54 Å². The number of H-pyrrole nitrogens is 1. The molecule has 0 saturated heterocycles. The summed E-state index contributed by atoms with van der Waals surface area (Å²) in [6.07, 6.45) is 6.43. The SMILES string of the molecule is C1=C(Cc2ccc[nH]2)NCC1. The molecule has 0 radical (unpaired) electrons. The second-order valence-electron chi connectivity index (χ2n) is 2.82. The van der Waals surface area contributed by atoms with Crippen LogP contribution < -0.4 is 5.32 Å². The Morgan fingerprint density at radius 2 is 2.45 bits per heavy atom. The summed E-state index contributed by atoms with van der Waals surface area (Å²) in [6, 6.07) is 4.14. The summed E-state index contributed by atoms with van der Waals surface area (Å²) < 4.78 is 0. The lowest BCUT2D eigenvalue weighted by Crippen LogP contribution is -2.09. The molecule has 0 fully saturated rings. The number of aromatic nitrogens is 1. The Hall–Kier alpha value is -1.18. The fourth-order valence-corrected chi connectivity index (χ4v) is 1.37. The van der Waals surface area contributed by atoms with Gasteiger partial charge >= 0.3 is 0 Å². The minimum absolute atomic E-state index is 1.02. The summed E-state index contributed by atoms with van der Waals surface area (Å²) in [5, 5.41) is 3.34. The molecule has 1 aliphatic heterocycles. The minimum Gasteiger partial charge on any atom is -0.388 e. The number of rotatable bonds is 2. The van der Waals surface area contributed by atoms with Gasteiger partial charge in [-0.2, -0.15) is 0 Å². The van der Waals surface area contributed by atoms with Crippen LogP contribution in [0.25, 0.3) is 0 Å². The second-order valence-corrected chi connectivity index (χ2v) is 2.82. The van der Waals surface area contributed by atoms with Gasteiger partial charge in [-0.25, -0.2) is 0 Å². The molecule has 2 nitrogen and oxygen atoms in total. The monoisotopic (exact) mass is 148 g/mol. The molecular weight excluding hydrogens is 136 g/mol. The molecule has 0 unspecified atom stereocenters. The molecule has 58 valence electrons. The van der Waals surface area contributed by atoms with Crippen LogP contribution >= 0.6 is 0 Å². The molecule has 2 rings (SSSR count). The maximum atomic E-state index is 3.34. The van der Waals surface area contributed by atoms with Crippen LogP contribution in [0.4, 0.5) is 0 Å². The zero-order valence-electron chi connectivity index (χ0n) is 6.43. The molecule has 1 aliphatic rings. The van der Waals surface area contributed by atoms with Gasteiger partial charge in [-0.3, -0.25) is 0 Å². The molecule has 0 saturated carbocycles. The van der Waals surface area contributed by atoms with E-state index < -0.39 is 0 Å². The fraction of sp³-hybridized carbons (Fsp3) is 0.333. The van der Waals surface area contributed by atoms with E-state index in [-0.39, 0.29) is 0 Å². The maximum Gasteiger partial charge on any atom is 0.0271 e. The van der Waals surface area contributed by atoms with Crippen LogP contribution in [0.15, 0.2) is 30.1 Å². The van der Waals surface area contributed by atoms with E-state index in [4.69, 9.17) is 0 Å². The molecule has 11 heavy (non-hydrogen) atoms. The Morgan fingerprint density at radius 1 is 1.45 bits per heavy atom. The van der Waals surface area contributed by atoms with Crippen molar-refractivity contribution < 1.29 is 0 Å². The van der Waals surface area contributed by atoms with Crippen molar-refractivity contribution in [3.63, 3.8) is 0 Å². The topological polar surface area (TPSA) is 27.8 Å². The van der Waals surface area contributed by atoms with Crippen LogP contribution in [0.5, 0.6) is 0 Å². The highest BCUT2D eigenvalue weighted by Crippen LogP contribution is 2.07. The first kappa shape index (κ1) is 6.53. The third-order valence-electron chi connectivity index (χ3n) is 1.93. The maximum absolute atomic E-state index is 3.34. The highest BCUT2D eigenvalue weighted by Gasteiger charge is 2.03. The zero-order chi connectivity index (χ0) is 7.52. The summed E-state index contributed by atoms with van der Waals surface area (Å²) in [5.74, 6) is 0. The molecule has 0 amide bonds. The van der Waals surface area contributed by atoms with Crippen LogP contribution in [0.1, 0.15) is 12.1 Å². The van der Waals surface area contributed by atoms with Gasteiger partial charge in [0.05, 0.1) is 0 Å². The number of nitrogens with one attached hydrogen (secondary N) is 2. The number of hydrogen-bond donors (Lipinski definition) is 2. The van der Waals surface area contributed by atoms with Crippen molar-refractivity contribution in [1.29, 1.82) is 0 Å². The van der Waals surface area contributed by atoms with Gasteiger partial charge in [0, 0.05) is 30.6 Å². The smallest absolute Gasteiger partial charge is 0.0271 e. The van der Waals surface area contributed by atoms with Gasteiger partial charge in [-0.15, -0.1) is 0 Å². The zero-order valence-corrected chi connectivity index (χ0v) is 6.43. The van der Waals surface area contributed by atoms with Gasteiger partial charge in [0.1, 0.15) is 0 Å². The first-order valence-electron chi connectivity index (χ1n) is 4.00. The van der Waals surface area contributed by atoms with Crippen LogP contribution in [0.2, 0.25) is 0 Å². The lowest BCUT2D eigenvalue weighted by Gasteiger charge is -2.00. The Labute approximate surface area is 66.3 Å². The summed E-state index contributed by atoms with van der Waals surface area (Å²) >= 11 is 0. The highest BCUT2D eigenvalue weighted by atomic mass is 14.9. The first-order chi connectivity index (χ1) is 5.45. The first-order valence-corrected chi connectivity index (χ1v) is 4.00. The Bertz CT molecular complexity index is 247. The normalized spacial score (nSPS) is 16.2. The van der Waals surface area contributed by atoms with Gasteiger partial charge in [0.2, 0.25) is 0 Å². The average molecular weight is 148 g/mol. The summed E-state index contributed by atoms with van der Waals surface area (Å²) in [7, 11) is 0. The van der Waals surface area contributed by atoms with Gasteiger partial charge < -0.3 is 10.3 Å². The predicted octanol–water partition coefficient (Wildman–Crippen LogP) is 1.43. The lowest BCUT2D eigenvalue weighted by atomic mass is 10.2. The van der Waals surface area contributed by atoms with Gasteiger partial charge in [-0.05, 0) is 18.6 Å². The Morgan fingerprint density at radius 3 is 3.09 bits per heavy atom. The van der Waals surface area contributed by atoms with Crippen LogP contribution in [0.3, 0.4) is 0 Å². The van der Waals surface area contributed by atoms with E-state index in [1.165, 1.54) is 17.8 Å². The van der Waals surface area contributed by atoms with Gasteiger partial charge in [0.25, 0.3) is 0 Å². The molecule has 0 spiro atoms. The number of allylic oxidation sites excluding steroid dienone is 1. The highest BCUT2D eigenvalue weighted by molar-refractivity contribution is 5.16. The van der Waals surface area contributed by atoms with E-state index in [1.54, 1.807) is 0 Å². The van der Waals surface area contributed by atoms with E-state index in [0.717, 1.165) is 13.0 Å². The molecule has 1 aromatic rings. The molecule has 1 aromatic heterocycles. The Balaban J connectivity index is 2.00. The molecule has 0 bridgehead atoms. The minimum atomic E-state index is 1.02. The van der Waals surface area contributed by atoms with Gasteiger partial charge in [0.15, 0.2) is 0 Å². The predicted molar refractivity (Wildman–Crippen MR) is 45.2 cm³/mol. The van der Waals surface area contributed by atoms with Crippen molar-refractivity contribution in [1.82, 2.24) is 10.3 Å². The van der Waals surface area contributed by atoms with Crippen molar-refractivity contribution in [2.45, 2.75) is 12.8 Å². The van der Waals surface area contributed by atoms with E-state index in [0.29, 0.717) is 0 Å². The van der Waals surface area contributed by atoms with Crippen LogP contribution in [-0.2, 0) is 6.42 Å². The van der Waals surface area contributed by atoms with Crippen molar-refractivity contribution in [3.05, 3.63) is 35.8 Å². The molecule has 0 aromatic carbocycles. The largest absolute Gasteiger partial charge is 0.388 e. The molecule has 0 aliphatic carbocycles. The summed E-state index contributed by atoms with van der Waals surface area (Å²) in [5.41, 5.74) is 2.64. The fourth-order valence-electron chi connectivity index (χ4n) is 1.37. The van der Waals surface area contributed by atoms with Crippen molar-refractivity contribution in [3.8, 4) is 0 Å². The third kappa shape index (κ3) is 1.45. The Kier molecular flexibility index (Phi) is 1.68. The summed E-state index contributed by atoms with van der Waals surface area (Å²) in [4.78, 5) is 3.18. The standard InChI is InChI=1S/C9H12N2/c1-3-8(10-5-1)7-9-4-2-6-11-9/h1,3-5,10-11H,2,6-7H2. The van der Waals surface area contributed by atoms with E-state index in [2.05, 4.69) is 22.4 Å². The molecular formula is C9H12N2. The average Bonchev–Trinajstić information content (AvgIpc) is 2.60. The molecule has 2 heterocycles. The quantitative estimate of drug-likeness (QED) is 0.652. The van der Waals surface area contributed by atoms with Crippen molar-refractivity contribution >= 4 is 0 Å². The van der Waals surface area contributed by atoms with Crippen LogP contribution in [-0.4, -0.2) is 11.5 Å². The van der Waals surface area contributed by atoms with Gasteiger partial charge in [-0.1, -0.05) is 6.08 Å². The van der Waals surface area contributed by atoms with Crippen molar-refractivity contribution in [2.24, 2.45) is 0 Å². The van der Waals surface area contributed by atoms with Crippen LogP contribution in [0, 0.1) is 0 Å². The molecule has 2 heteroatoms. The molecule has 2 N–H and O–H groups in total. The van der Waals surface area contributed by atoms with E-state index >= 15 is 0 Å². The second kappa shape index (κ2) is 2.82. The third-order valence-corrected chi connectivity index (χ3v) is 1.93. The lowest BCUT2D eigenvalue weighted by molar-refractivity contribution is 0.840.